The van der Waals surface area contributed by atoms with Gasteiger partial charge >= 0.3 is 0 Å². The fraction of sp³-hybridized carbons (Fsp3) is 0.308. The summed E-state index contributed by atoms with van der Waals surface area (Å²) in [6.45, 7) is 0.396. The van der Waals surface area contributed by atoms with Crippen LogP contribution in [0, 0.1) is 0 Å². The molecule has 1 unspecified atom stereocenters. The molecule has 0 aliphatic carbocycles. The third kappa shape index (κ3) is 1.72. The van der Waals surface area contributed by atoms with Gasteiger partial charge in [0.05, 0.1) is 0 Å². The van der Waals surface area contributed by atoms with Crippen LogP contribution in [0.4, 0.5) is 0 Å². The molecule has 0 saturated carbocycles. The van der Waals surface area contributed by atoms with Gasteiger partial charge in [-0.3, -0.25) is 14.4 Å². The van der Waals surface area contributed by atoms with Crippen LogP contribution in [-0.4, -0.2) is 33.7 Å². The maximum atomic E-state index is 12.3. The SMILES string of the molecule is NN1C(=O)CCC(N2Cc3ccccc3C2=O)C1=O. The van der Waals surface area contributed by atoms with Crippen LogP contribution in [0.5, 0.6) is 0 Å². The normalized spacial score (nSPS) is 23.0. The van der Waals surface area contributed by atoms with Crippen molar-refractivity contribution in [2.75, 3.05) is 0 Å². The zero-order valence-electron chi connectivity index (χ0n) is 10.2. The van der Waals surface area contributed by atoms with Gasteiger partial charge in [-0.1, -0.05) is 18.2 Å². The number of carbonyl (C=O) groups is 3. The first-order valence-corrected chi connectivity index (χ1v) is 6.10. The molecule has 3 amide bonds. The summed E-state index contributed by atoms with van der Waals surface area (Å²) < 4.78 is 0. The summed E-state index contributed by atoms with van der Waals surface area (Å²) in [5, 5.41) is 0.629. The van der Waals surface area contributed by atoms with E-state index >= 15 is 0 Å². The lowest BCUT2D eigenvalue weighted by molar-refractivity contribution is -0.152. The average molecular weight is 259 g/mol. The molecule has 2 aliphatic heterocycles. The standard InChI is InChI=1S/C13H13N3O3/c14-16-11(17)6-5-10(13(16)19)15-7-8-3-1-2-4-9(8)12(15)18/h1-4,10H,5-7,14H2. The van der Waals surface area contributed by atoms with E-state index in [4.69, 9.17) is 5.84 Å². The molecule has 1 aromatic rings. The molecule has 98 valence electrons. The minimum absolute atomic E-state index is 0.170. The Morgan fingerprint density at radius 2 is 1.89 bits per heavy atom. The predicted molar refractivity (Wildman–Crippen MR) is 65.4 cm³/mol. The summed E-state index contributed by atoms with van der Waals surface area (Å²) in [6.07, 6.45) is 0.526. The van der Waals surface area contributed by atoms with Gasteiger partial charge in [-0.05, 0) is 18.1 Å². The Hall–Kier alpha value is -2.21. The molecule has 1 aromatic carbocycles. The number of fused-ring (bicyclic) bond motifs is 1. The van der Waals surface area contributed by atoms with Crippen molar-refractivity contribution in [1.82, 2.24) is 9.91 Å². The van der Waals surface area contributed by atoms with E-state index in [0.717, 1.165) is 5.56 Å². The summed E-state index contributed by atoms with van der Waals surface area (Å²) in [4.78, 5) is 37.1. The number of nitrogens with zero attached hydrogens (tertiary/aromatic N) is 2. The summed E-state index contributed by atoms with van der Waals surface area (Å²) in [5.74, 6) is 4.36. The topological polar surface area (TPSA) is 83.7 Å². The molecule has 2 aliphatic rings. The number of hydrogen-bond acceptors (Lipinski definition) is 4. The first-order valence-electron chi connectivity index (χ1n) is 6.10. The monoisotopic (exact) mass is 259 g/mol. The van der Waals surface area contributed by atoms with Crippen LogP contribution in [0.3, 0.4) is 0 Å². The van der Waals surface area contributed by atoms with Crippen molar-refractivity contribution < 1.29 is 14.4 Å². The fourth-order valence-corrected chi connectivity index (χ4v) is 2.61. The second kappa shape index (κ2) is 4.17. The Morgan fingerprint density at radius 3 is 2.63 bits per heavy atom. The van der Waals surface area contributed by atoms with E-state index in [9.17, 15) is 14.4 Å². The summed E-state index contributed by atoms with van der Waals surface area (Å²) in [5.41, 5.74) is 1.52. The molecule has 0 bridgehead atoms. The van der Waals surface area contributed by atoms with E-state index in [-0.39, 0.29) is 12.3 Å². The first kappa shape index (κ1) is 11.9. The number of carbonyl (C=O) groups excluding carboxylic acids is 3. The second-order valence-corrected chi connectivity index (χ2v) is 4.75. The molecule has 6 nitrogen and oxygen atoms in total. The minimum atomic E-state index is -0.636. The highest BCUT2D eigenvalue weighted by Crippen LogP contribution is 2.27. The van der Waals surface area contributed by atoms with Crippen LogP contribution >= 0.6 is 0 Å². The van der Waals surface area contributed by atoms with Gasteiger partial charge in [0.25, 0.3) is 11.8 Å². The van der Waals surface area contributed by atoms with E-state index in [2.05, 4.69) is 0 Å². The molecular weight excluding hydrogens is 246 g/mol. The van der Waals surface area contributed by atoms with Gasteiger partial charge in [-0.15, -0.1) is 0 Å². The largest absolute Gasteiger partial charge is 0.322 e. The minimum Gasteiger partial charge on any atom is -0.322 e. The smallest absolute Gasteiger partial charge is 0.266 e. The number of hydrogen-bond donors (Lipinski definition) is 1. The maximum absolute atomic E-state index is 12.3. The average Bonchev–Trinajstić information content (AvgIpc) is 2.74. The highest BCUT2D eigenvalue weighted by Gasteiger charge is 2.41. The maximum Gasteiger partial charge on any atom is 0.266 e. The zero-order valence-corrected chi connectivity index (χ0v) is 10.2. The highest BCUT2D eigenvalue weighted by molar-refractivity contribution is 6.05. The summed E-state index contributed by atoms with van der Waals surface area (Å²) >= 11 is 0. The van der Waals surface area contributed by atoms with Crippen LogP contribution in [-0.2, 0) is 16.1 Å². The van der Waals surface area contributed by atoms with Crippen LogP contribution in [0.2, 0.25) is 0 Å². The molecule has 1 fully saturated rings. The van der Waals surface area contributed by atoms with Crippen LogP contribution in [0.15, 0.2) is 24.3 Å². The number of hydrazine groups is 1. The lowest BCUT2D eigenvalue weighted by atomic mass is 10.0. The molecule has 1 saturated heterocycles. The van der Waals surface area contributed by atoms with E-state index < -0.39 is 17.9 Å². The van der Waals surface area contributed by atoms with Gasteiger partial charge in [0, 0.05) is 18.5 Å². The Kier molecular flexibility index (Phi) is 2.60. The van der Waals surface area contributed by atoms with Crippen molar-refractivity contribution in [2.45, 2.75) is 25.4 Å². The highest BCUT2D eigenvalue weighted by atomic mass is 16.2. The third-order valence-electron chi connectivity index (χ3n) is 3.65. The summed E-state index contributed by atoms with van der Waals surface area (Å²) in [6, 6.07) is 6.63. The van der Waals surface area contributed by atoms with Gasteiger partial charge in [0.2, 0.25) is 5.91 Å². The van der Waals surface area contributed by atoms with Crippen molar-refractivity contribution in [1.29, 1.82) is 0 Å². The van der Waals surface area contributed by atoms with E-state index in [1.165, 1.54) is 4.90 Å². The molecule has 2 N–H and O–H groups in total. The van der Waals surface area contributed by atoms with Crippen LogP contribution < -0.4 is 5.84 Å². The Balaban J connectivity index is 1.88. The number of rotatable bonds is 1. The van der Waals surface area contributed by atoms with Crippen molar-refractivity contribution in [3.8, 4) is 0 Å². The van der Waals surface area contributed by atoms with E-state index in [1.807, 2.05) is 12.1 Å². The van der Waals surface area contributed by atoms with Gasteiger partial charge in [0.1, 0.15) is 6.04 Å². The molecule has 2 heterocycles. The number of amides is 3. The Labute approximate surface area is 109 Å². The number of piperidine rings is 1. The van der Waals surface area contributed by atoms with E-state index in [1.54, 1.807) is 12.1 Å². The van der Waals surface area contributed by atoms with Gasteiger partial charge < -0.3 is 4.90 Å². The lowest BCUT2D eigenvalue weighted by Crippen LogP contribution is -2.57. The van der Waals surface area contributed by atoms with Crippen molar-refractivity contribution in [3.05, 3.63) is 35.4 Å². The number of nitrogens with two attached hydrogens (primary N) is 1. The van der Waals surface area contributed by atoms with Crippen molar-refractivity contribution in [3.63, 3.8) is 0 Å². The third-order valence-corrected chi connectivity index (χ3v) is 3.65. The quantitative estimate of drug-likeness (QED) is 0.438. The fourth-order valence-electron chi connectivity index (χ4n) is 2.61. The number of benzene rings is 1. The van der Waals surface area contributed by atoms with Crippen molar-refractivity contribution in [2.24, 2.45) is 5.84 Å². The van der Waals surface area contributed by atoms with E-state index in [0.29, 0.717) is 23.5 Å². The molecule has 19 heavy (non-hydrogen) atoms. The van der Waals surface area contributed by atoms with Gasteiger partial charge in [0.15, 0.2) is 0 Å². The van der Waals surface area contributed by atoms with Gasteiger partial charge in [-0.2, -0.15) is 0 Å². The molecule has 1 atom stereocenters. The molecule has 6 heteroatoms. The zero-order chi connectivity index (χ0) is 13.6. The van der Waals surface area contributed by atoms with Crippen LogP contribution in [0.1, 0.15) is 28.8 Å². The van der Waals surface area contributed by atoms with Crippen molar-refractivity contribution >= 4 is 17.7 Å². The lowest BCUT2D eigenvalue weighted by Gasteiger charge is -2.33. The molecule has 0 spiro atoms. The van der Waals surface area contributed by atoms with Crippen LogP contribution in [0.25, 0.3) is 0 Å². The summed E-state index contributed by atoms with van der Waals surface area (Å²) in [7, 11) is 0. The Bertz CT molecular complexity index is 584. The Morgan fingerprint density at radius 1 is 1.16 bits per heavy atom. The second-order valence-electron chi connectivity index (χ2n) is 4.75. The molecular formula is C13H13N3O3. The number of imide groups is 1. The van der Waals surface area contributed by atoms with Gasteiger partial charge in [-0.25, -0.2) is 10.9 Å². The molecule has 0 radical (unpaired) electrons. The predicted octanol–water partition coefficient (Wildman–Crippen LogP) is 0.0337. The molecule has 3 rings (SSSR count). The molecule has 0 aromatic heterocycles. The first-order chi connectivity index (χ1) is 9.09.